The lowest BCUT2D eigenvalue weighted by atomic mass is 10.1. The molecule has 26 heavy (non-hydrogen) atoms. The average molecular weight is 359 g/mol. The molecule has 2 aromatic rings. The van der Waals surface area contributed by atoms with Gasteiger partial charge in [-0.1, -0.05) is 0 Å². The van der Waals surface area contributed by atoms with Crippen LogP contribution < -0.4 is 20.7 Å². The van der Waals surface area contributed by atoms with Crippen molar-refractivity contribution in [2.45, 2.75) is 13.0 Å². The second kappa shape index (κ2) is 8.96. The van der Waals surface area contributed by atoms with E-state index in [0.29, 0.717) is 17.9 Å². The van der Waals surface area contributed by atoms with E-state index >= 15 is 0 Å². The zero-order valence-corrected chi connectivity index (χ0v) is 14.9. The van der Waals surface area contributed by atoms with Crippen LogP contribution >= 0.6 is 0 Å². The fraction of sp³-hybridized carbons (Fsp3) is 0.263. The molecule has 0 aromatic heterocycles. The first-order valence-corrected chi connectivity index (χ1v) is 8.15. The molecule has 0 aliphatic rings. The molecule has 7 heteroatoms. The molecule has 0 saturated heterocycles. The molecule has 0 spiro atoms. The van der Waals surface area contributed by atoms with Crippen LogP contribution in [0, 0.1) is 5.82 Å². The highest BCUT2D eigenvalue weighted by Crippen LogP contribution is 2.19. The Morgan fingerprint density at radius 3 is 2.42 bits per heavy atom. The van der Waals surface area contributed by atoms with Gasteiger partial charge in [-0.25, -0.2) is 4.39 Å². The second-order valence-electron chi connectivity index (χ2n) is 5.77. The largest absolute Gasteiger partial charge is 0.497 e. The van der Waals surface area contributed by atoms with Gasteiger partial charge in [0.2, 0.25) is 0 Å². The van der Waals surface area contributed by atoms with Crippen molar-refractivity contribution in [3.63, 3.8) is 0 Å². The summed E-state index contributed by atoms with van der Waals surface area (Å²) in [5.74, 6) is -0.769. The van der Waals surface area contributed by atoms with Crippen LogP contribution in [0.25, 0.3) is 0 Å². The third-order valence-electron chi connectivity index (χ3n) is 3.89. The van der Waals surface area contributed by atoms with Crippen LogP contribution in [0.4, 0.5) is 10.1 Å². The van der Waals surface area contributed by atoms with E-state index in [-0.39, 0.29) is 17.3 Å². The van der Waals surface area contributed by atoms with Crippen LogP contribution in [0.1, 0.15) is 27.6 Å². The summed E-state index contributed by atoms with van der Waals surface area (Å²) >= 11 is 0. The molecule has 1 unspecified atom stereocenters. The first-order chi connectivity index (χ1) is 12.4. The first kappa shape index (κ1) is 19.4. The van der Waals surface area contributed by atoms with E-state index < -0.39 is 17.6 Å². The van der Waals surface area contributed by atoms with Crippen LogP contribution in [0.3, 0.4) is 0 Å². The summed E-state index contributed by atoms with van der Waals surface area (Å²) in [4.78, 5) is 24.8. The van der Waals surface area contributed by atoms with Crippen molar-refractivity contribution in [1.82, 2.24) is 10.6 Å². The monoisotopic (exact) mass is 359 g/mol. The Morgan fingerprint density at radius 2 is 1.81 bits per heavy atom. The van der Waals surface area contributed by atoms with E-state index in [1.807, 2.05) is 6.92 Å². The number of amides is 2. The Hall–Kier alpha value is -2.93. The molecule has 2 rings (SSSR count). The van der Waals surface area contributed by atoms with E-state index in [0.717, 1.165) is 6.07 Å². The lowest BCUT2D eigenvalue weighted by molar-refractivity contribution is 0.0951. The Balaban J connectivity index is 2.18. The zero-order valence-electron chi connectivity index (χ0n) is 14.9. The molecule has 0 heterocycles. The Bertz CT molecular complexity index is 778. The third kappa shape index (κ3) is 5.03. The molecule has 2 aromatic carbocycles. The molecule has 0 saturated carbocycles. The number of halogens is 1. The Kier molecular flexibility index (Phi) is 6.68. The minimum atomic E-state index is -0.546. The minimum absolute atomic E-state index is 0.0803. The molecule has 0 fully saturated rings. The van der Waals surface area contributed by atoms with Crippen molar-refractivity contribution in [2.75, 3.05) is 26.0 Å². The zero-order chi connectivity index (χ0) is 19.1. The van der Waals surface area contributed by atoms with Crippen molar-refractivity contribution < 1.29 is 18.7 Å². The lowest BCUT2D eigenvalue weighted by Gasteiger charge is -2.14. The van der Waals surface area contributed by atoms with Crippen molar-refractivity contribution >= 4 is 17.5 Å². The molecular weight excluding hydrogens is 337 g/mol. The number of ether oxygens (including phenoxy) is 1. The molecule has 0 bridgehead atoms. The quantitative estimate of drug-likeness (QED) is 0.709. The first-order valence-electron chi connectivity index (χ1n) is 8.15. The normalized spacial score (nSPS) is 11.5. The number of hydrogen-bond donors (Lipinski definition) is 3. The molecule has 3 N–H and O–H groups in total. The SMILES string of the molecule is CNC(C)CNC(=O)c1ccc(F)cc1NC(=O)c1ccc(OC)cc1. The van der Waals surface area contributed by atoms with Crippen molar-refractivity contribution in [1.29, 1.82) is 0 Å². The second-order valence-corrected chi connectivity index (χ2v) is 5.77. The predicted octanol–water partition coefficient (Wildman–Crippen LogP) is 2.42. The fourth-order valence-corrected chi connectivity index (χ4v) is 2.20. The van der Waals surface area contributed by atoms with Gasteiger partial charge in [0, 0.05) is 18.2 Å². The standard InChI is InChI=1S/C19H22FN3O3/c1-12(21-2)11-22-19(25)16-9-6-14(20)10-17(16)23-18(24)13-4-7-15(26-3)8-5-13/h4-10,12,21H,11H2,1-3H3,(H,22,25)(H,23,24). The van der Waals surface area contributed by atoms with E-state index in [4.69, 9.17) is 4.74 Å². The number of benzene rings is 2. The molecule has 138 valence electrons. The molecule has 2 amide bonds. The molecule has 0 aliphatic heterocycles. The van der Waals surface area contributed by atoms with Gasteiger partial charge in [-0.05, 0) is 56.4 Å². The van der Waals surface area contributed by atoms with E-state index in [2.05, 4.69) is 16.0 Å². The van der Waals surface area contributed by atoms with Gasteiger partial charge in [-0.3, -0.25) is 9.59 Å². The summed E-state index contributed by atoms with van der Waals surface area (Å²) in [6.07, 6.45) is 0. The highest BCUT2D eigenvalue weighted by Gasteiger charge is 2.16. The third-order valence-corrected chi connectivity index (χ3v) is 3.89. The number of methoxy groups -OCH3 is 1. The van der Waals surface area contributed by atoms with Crippen LogP contribution in [0.15, 0.2) is 42.5 Å². The fourth-order valence-electron chi connectivity index (χ4n) is 2.20. The Morgan fingerprint density at radius 1 is 1.12 bits per heavy atom. The summed E-state index contributed by atoms with van der Waals surface area (Å²) < 4.78 is 18.7. The number of hydrogen-bond acceptors (Lipinski definition) is 4. The highest BCUT2D eigenvalue weighted by molar-refractivity contribution is 6.09. The maximum absolute atomic E-state index is 13.6. The van der Waals surface area contributed by atoms with Crippen LogP contribution in [-0.2, 0) is 0 Å². The number of nitrogens with one attached hydrogen (secondary N) is 3. The van der Waals surface area contributed by atoms with Crippen LogP contribution in [0.5, 0.6) is 5.75 Å². The number of rotatable bonds is 7. The van der Waals surface area contributed by atoms with Crippen LogP contribution in [0.2, 0.25) is 0 Å². The summed E-state index contributed by atoms with van der Waals surface area (Å²) in [7, 11) is 3.32. The lowest BCUT2D eigenvalue weighted by Crippen LogP contribution is -2.37. The van der Waals surface area contributed by atoms with Gasteiger partial charge >= 0.3 is 0 Å². The minimum Gasteiger partial charge on any atom is -0.497 e. The summed E-state index contributed by atoms with van der Waals surface area (Å²) in [5, 5.41) is 8.34. The van der Waals surface area contributed by atoms with E-state index in [1.54, 1.807) is 31.3 Å². The molecule has 6 nitrogen and oxygen atoms in total. The van der Waals surface area contributed by atoms with Gasteiger partial charge in [0.15, 0.2) is 0 Å². The van der Waals surface area contributed by atoms with Crippen molar-refractivity contribution in [3.8, 4) is 5.75 Å². The predicted molar refractivity (Wildman–Crippen MR) is 98.2 cm³/mol. The van der Waals surface area contributed by atoms with Gasteiger partial charge in [-0.15, -0.1) is 0 Å². The summed E-state index contributed by atoms with van der Waals surface area (Å²) in [5.41, 5.74) is 0.669. The van der Waals surface area contributed by atoms with Crippen molar-refractivity contribution in [3.05, 3.63) is 59.4 Å². The van der Waals surface area contributed by atoms with Crippen molar-refractivity contribution in [2.24, 2.45) is 0 Å². The van der Waals surface area contributed by atoms with Gasteiger partial charge in [0.25, 0.3) is 11.8 Å². The van der Waals surface area contributed by atoms with Crippen LogP contribution in [-0.4, -0.2) is 38.6 Å². The maximum Gasteiger partial charge on any atom is 0.255 e. The highest BCUT2D eigenvalue weighted by atomic mass is 19.1. The number of carbonyl (C=O) groups excluding carboxylic acids is 2. The molecule has 0 radical (unpaired) electrons. The number of anilines is 1. The Labute approximate surface area is 151 Å². The number of likely N-dealkylation sites (N-methyl/N-ethyl adjacent to an activating group) is 1. The topological polar surface area (TPSA) is 79.5 Å². The molecular formula is C19H22FN3O3. The molecule has 1 atom stereocenters. The van der Waals surface area contributed by atoms with Gasteiger partial charge in [0.1, 0.15) is 11.6 Å². The molecule has 0 aliphatic carbocycles. The number of carbonyl (C=O) groups is 2. The smallest absolute Gasteiger partial charge is 0.255 e. The van der Waals surface area contributed by atoms with Gasteiger partial charge in [-0.2, -0.15) is 0 Å². The summed E-state index contributed by atoms with van der Waals surface area (Å²) in [6, 6.07) is 10.2. The maximum atomic E-state index is 13.6. The van der Waals surface area contributed by atoms with E-state index in [9.17, 15) is 14.0 Å². The summed E-state index contributed by atoms with van der Waals surface area (Å²) in [6.45, 7) is 2.32. The average Bonchev–Trinajstić information content (AvgIpc) is 2.65. The van der Waals surface area contributed by atoms with Gasteiger partial charge < -0.3 is 20.7 Å². The van der Waals surface area contributed by atoms with Gasteiger partial charge in [0.05, 0.1) is 18.4 Å². The van der Waals surface area contributed by atoms with E-state index in [1.165, 1.54) is 19.2 Å².